The van der Waals surface area contributed by atoms with Crippen molar-refractivity contribution >= 4 is 0 Å². The van der Waals surface area contributed by atoms with Crippen LogP contribution >= 0.6 is 0 Å². The monoisotopic (exact) mass is 196 g/mol. The van der Waals surface area contributed by atoms with E-state index in [1.54, 1.807) is 0 Å². The smallest absolute Gasteiger partial charge is 0.0608 e. The van der Waals surface area contributed by atoms with E-state index in [4.69, 9.17) is 4.74 Å². The maximum atomic E-state index is 5.93. The lowest BCUT2D eigenvalue weighted by molar-refractivity contribution is -0.129. The molecule has 0 N–H and O–H groups in total. The molecule has 1 nitrogen and oxygen atoms in total. The summed E-state index contributed by atoms with van der Waals surface area (Å²) in [5.41, 5.74) is 0.545. The van der Waals surface area contributed by atoms with Crippen LogP contribution < -0.4 is 0 Å². The van der Waals surface area contributed by atoms with Crippen molar-refractivity contribution in [2.45, 2.75) is 59.0 Å². The van der Waals surface area contributed by atoms with Gasteiger partial charge in [0, 0.05) is 6.61 Å². The molecule has 1 heterocycles. The Morgan fingerprint density at radius 1 is 1.21 bits per heavy atom. The summed E-state index contributed by atoms with van der Waals surface area (Å²) in [7, 11) is 0. The van der Waals surface area contributed by atoms with Crippen molar-refractivity contribution in [3.8, 4) is 0 Å². The van der Waals surface area contributed by atoms with Gasteiger partial charge in [0.15, 0.2) is 0 Å². The Hall–Kier alpha value is -0.0400. The van der Waals surface area contributed by atoms with Crippen LogP contribution in [-0.2, 0) is 4.74 Å². The van der Waals surface area contributed by atoms with E-state index in [0.29, 0.717) is 11.5 Å². The molecule has 2 rings (SSSR count). The summed E-state index contributed by atoms with van der Waals surface area (Å²) in [5.74, 6) is 1.64. The number of fused-ring (bicyclic) bond motifs is 1. The molecule has 1 aliphatic heterocycles. The number of hydrogen-bond acceptors (Lipinski definition) is 1. The Bertz CT molecular complexity index is 197. The fourth-order valence-electron chi connectivity index (χ4n) is 3.38. The van der Waals surface area contributed by atoms with Gasteiger partial charge in [-0.25, -0.2) is 0 Å². The Balaban J connectivity index is 2.15. The second kappa shape index (κ2) is 3.84. The van der Waals surface area contributed by atoms with Gasteiger partial charge in [0.1, 0.15) is 0 Å². The fourth-order valence-corrected chi connectivity index (χ4v) is 3.38. The molecule has 0 aromatic carbocycles. The normalized spacial score (nSPS) is 43.7. The standard InChI is InChI=1S/C13H24O/c1-10(2)13(3)8-9-14-12-7-5-4-6-11(12)13/h10-12H,4-9H2,1-3H3. The Morgan fingerprint density at radius 2 is 1.93 bits per heavy atom. The SMILES string of the molecule is CC(C)C1(C)CCOC2CCCCC21. The van der Waals surface area contributed by atoms with Crippen LogP contribution in [0, 0.1) is 17.3 Å². The summed E-state index contributed by atoms with van der Waals surface area (Å²) in [5, 5.41) is 0. The average Bonchev–Trinajstić information content (AvgIpc) is 2.18. The van der Waals surface area contributed by atoms with Gasteiger partial charge in [-0.1, -0.05) is 33.6 Å². The first-order chi connectivity index (χ1) is 6.64. The first kappa shape index (κ1) is 10.5. The van der Waals surface area contributed by atoms with E-state index in [-0.39, 0.29) is 0 Å². The highest BCUT2D eigenvalue weighted by molar-refractivity contribution is 4.94. The fraction of sp³-hybridized carbons (Fsp3) is 1.00. The van der Waals surface area contributed by atoms with Crippen LogP contribution in [0.5, 0.6) is 0 Å². The van der Waals surface area contributed by atoms with Gasteiger partial charge in [-0.05, 0) is 36.5 Å². The molecule has 0 aromatic rings. The molecule has 2 fully saturated rings. The first-order valence-corrected chi connectivity index (χ1v) is 6.26. The van der Waals surface area contributed by atoms with Crippen molar-refractivity contribution in [2.24, 2.45) is 17.3 Å². The van der Waals surface area contributed by atoms with E-state index >= 15 is 0 Å². The summed E-state index contributed by atoms with van der Waals surface area (Å²) in [4.78, 5) is 0. The Kier molecular flexibility index (Phi) is 2.88. The summed E-state index contributed by atoms with van der Waals surface area (Å²) >= 11 is 0. The molecule has 0 spiro atoms. The molecule has 1 saturated heterocycles. The van der Waals surface area contributed by atoms with Gasteiger partial charge in [0.25, 0.3) is 0 Å². The molecule has 0 bridgehead atoms. The maximum Gasteiger partial charge on any atom is 0.0608 e. The second-order valence-corrected chi connectivity index (χ2v) is 5.71. The van der Waals surface area contributed by atoms with E-state index in [1.165, 1.54) is 32.1 Å². The van der Waals surface area contributed by atoms with Crippen molar-refractivity contribution in [3.63, 3.8) is 0 Å². The molecule has 0 amide bonds. The average molecular weight is 196 g/mol. The van der Waals surface area contributed by atoms with Gasteiger partial charge in [-0.2, -0.15) is 0 Å². The third-order valence-electron chi connectivity index (χ3n) is 4.84. The summed E-state index contributed by atoms with van der Waals surface area (Å²) < 4.78 is 5.93. The minimum atomic E-state index is 0.545. The van der Waals surface area contributed by atoms with Crippen LogP contribution in [0.25, 0.3) is 0 Å². The van der Waals surface area contributed by atoms with Crippen molar-refractivity contribution in [2.75, 3.05) is 6.61 Å². The zero-order valence-corrected chi connectivity index (χ0v) is 9.88. The highest BCUT2D eigenvalue weighted by atomic mass is 16.5. The summed E-state index contributed by atoms with van der Waals surface area (Å²) in [6, 6.07) is 0. The van der Waals surface area contributed by atoms with Gasteiger partial charge in [0.05, 0.1) is 6.10 Å². The Labute approximate surface area is 88.2 Å². The van der Waals surface area contributed by atoms with Crippen molar-refractivity contribution in [3.05, 3.63) is 0 Å². The minimum absolute atomic E-state index is 0.545. The van der Waals surface area contributed by atoms with Crippen LogP contribution in [0.15, 0.2) is 0 Å². The molecule has 0 aromatic heterocycles. The lowest BCUT2D eigenvalue weighted by Crippen LogP contribution is -2.47. The van der Waals surface area contributed by atoms with E-state index in [2.05, 4.69) is 20.8 Å². The van der Waals surface area contributed by atoms with Crippen molar-refractivity contribution in [1.82, 2.24) is 0 Å². The molecule has 14 heavy (non-hydrogen) atoms. The number of rotatable bonds is 1. The highest BCUT2D eigenvalue weighted by Crippen LogP contribution is 2.49. The van der Waals surface area contributed by atoms with Crippen LogP contribution in [0.2, 0.25) is 0 Å². The van der Waals surface area contributed by atoms with Gasteiger partial charge in [0.2, 0.25) is 0 Å². The van der Waals surface area contributed by atoms with Crippen molar-refractivity contribution in [1.29, 1.82) is 0 Å². The topological polar surface area (TPSA) is 9.23 Å². The predicted octanol–water partition coefficient (Wildman–Crippen LogP) is 3.63. The number of hydrogen-bond donors (Lipinski definition) is 0. The van der Waals surface area contributed by atoms with Crippen LogP contribution in [0.4, 0.5) is 0 Å². The highest BCUT2D eigenvalue weighted by Gasteiger charge is 2.45. The van der Waals surface area contributed by atoms with Gasteiger partial charge in [-0.3, -0.25) is 0 Å². The van der Waals surface area contributed by atoms with E-state index in [1.807, 2.05) is 0 Å². The Morgan fingerprint density at radius 3 is 2.64 bits per heavy atom. The van der Waals surface area contributed by atoms with E-state index in [9.17, 15) is 0 Å². The van der Waals surface area contributed by atoms with Crippen LogP contribution in [-0.4, -0.2) is 12.7 Å². The van der Waals surface area contributed by atoms with Gasteiger partial charge in [-0.15, -0.1) is 0 Å². The first-order valence-electron chi connectivity index (χ1n) is 6.26. The maximum absolute atomic E-state index is 5.93. The van der Waals surface area contributed by atoms with E-state index in [0.717, 1.165) is 18.4 Å². The molecule has 3 atom stereocenters. The molecule has 82 valence electrons. The lowest BCUT2D eigenvalue weighted by Gasteiger charge is -2.50. The molecule has 3 unspecified atom stereocenters. The minimum Gasteiger partial charge on any atom is -0.378 e. The second-order valence-electron chi connectivity index (χ2n) is 5.71. The predicted molar refractivity (Wildman–Crippen MR) is 59.3 cm³/mol. The molecular formula is C13H24O. The molecule has 0 radical (unpaired) electrons. The third-order valence-corrected chi connectivity index (χ3v) is 4.84. The largest absolute Gasteiger partial charge is 0.378 e. The van der Waals surface area contributed by atoms with Crippen LogP contribution in [0.3, 0.4) is 0 Å². The molecule has 1 aliphatic carbocycles. The molecule has 2 aliphatic rings. The summed E-state index contributed by atoms with van der Waals surface area (Å²) in [6.45, 7) is 8.26. The van der Waals surface area contributed by atoms with Gasteiger partial charge >= 0.3 is 0 Å². The zero-order valence-electron chi connectivity index (χ0n) is 9.88. The van der Waals surface area contributed by atoms with Crippen LogP contribution in [0.1, 0.15) is 52.9 Å². The number of ether oxygens (including phenoxy) is 1. The summed E-state index contributed by atoms with van der Waals surface area (Å²) in [6.07, 6.45) is 7.38. The molecule has 1 heteroatoms. The third kappa shape index (κ3) is 1.60. The molecule has 1 saturated carbocycles. The zero-order chi connectivity index (χ0) is 10.2. The lowest BCUT2D eigenvalue weighted by atomic mass is 9.60. The van der Waals surface area contributed by atoms with Gasteiger partial charge < -0.3 is 4.74 Å². The van der Waals surface area contributed by atoms with Crippen molar-refractivity contribution < 1.29 is 4.74 Å². The quantitative estimate of drug-likeness (QED) is 0.622. The molecular weight excluding hydrogens is 172 g/mol. The van der Waals surface area contributed by atoms with E-state index < -0.39 is 0 Å².